The molecule has 3 aliphatic heterocycles. The Kier molecular flexibility index (Phi) is 3.59. The zero-order valence-electron chi connectivity index (χ0n) is 17.5. The standard InChI is InChI=1S/C25H26N2O3/c1-23(2)19-9-5-6-10-20(19)24(30-23)11-13-27(14-12-24)22-26-21(28)25(29-22)15-17-7-3-4-8-18(17)16-25/h3-10H,11-16H2,1-2H3. The molecule has 2 aromatic carbocycles. The van der Waals surface area contributed by atoms with Crippen molar-refractivity contribution >= 4 is 11.9 Å². The minimum atomic E-state index is -0.841. The van der Waals surface area contributed by atoms with Crippen molar-refractivity contribution in [2.75, 3.05) is 13.1 Å². The third-order valence-electron chi connectivity index (χ3n) is 7.30. The van der Waals surface area contributed by atoms with Crippen LogP contribution >= 0.6 is 0 Å². The lowest BCUT2D eigenvalue weighted by atomic mass is 9.82. The van der Waals surface area contributed by atoms with Crippen LogP contribution in [-0.2, 0) is 38.3 Å². The van der Waals surface area contributed by atoms with Crippen molar-refractivity contribution in [3.63, 3.8) is 0 Å². The SMILES string of the molecule is CC1(C)OC2(CCN(C3=NC(=O)C4(Cc5ccccc5C4)O3)CC2)c2ccccc21. The molecule has 1 amide bonds. The number of ether oxygens (including phenoxy) is 2. The van der Waals surface area contributed by atoms with Crippen LogP contribution in [0.25, 0.3) is 0 Å². The molecule has 1 aliphatic carbocycles. The maximum atomic E-state index is 12.9. The third-order valence-corrected chi connectivity index (χ3v) is 7.30. The van der Waals surface area contributed by atoms with Gasteiger partial charge in [0.1, 0.15) is 0 Å². The van der Waals surface area contributed by atoms with Gasteiger partial charge in [0.15, 0.2) is 0 Å². The molecule has 3 heterocycles. The fraction of sp³-hybridized carbons (Fsp3) is 0.440. The summed E-state index contributed by atoms with van der Waals surface area (Å²) in [6.45, 7) is 5.83. The van der Waals surface area contributed by atoms with Gasteiger partial charge in [0, 0.05) is 25.9 Å². The number of benzene rings is 2. The van der Waals surface area contributed by atoms with Crippen molar-refractivity contribution < 1.29 is 14.3 Å². The molecule has 0 atom stereocenters. The third kappa shape index (κ3) is 2.45. The van der Waals surface area contributed by atoms with Crippen LogP contribution in [0, 0.1) is 0 Å². The Bertz CT molecular complexity index is 1050. The minimum Gasteiger partial charge on any atom is -0.447 e. The van der Waals surface area contributed by atoms with Crippen LogP contribution in [0.4, 0.5) is 0 Å². The molecular formula is C25H26N2O3. The van der Waals surface area contributed by atoms with Crippen molar-refractivity contribution in [3.05, 3.63) is 70.8 Å². The molecule has 0 aromatic heterocycles. The molecule has 154 valence electrons. The Hall–Kier alpha value is -2.66. The normalized spacial score (nSPS) is 24.7. The van der Waals surface area contributed by atoms with Gasteiger partial charge in [0.05, 0.1) is 11.2 Å². The molecule has 6 rings (SSSR count). The first-order chi connectivity index (χ1) is 14.4. The maximum Gasteiger partial charge on any atom is 0.296 e. The average molecular weight is 402 g/mol. The first-order valence-electron chi connectivity index (χ1n) is 10.8. The van der Waals surface area contributed by atoms with Gasteiger partial charge < -0.3 is 14.4 Å². The Morgan fingerprint density at radius 2 is 1.47 bits per heavy atom. The number of aliphatic imine (C=N–C) groups is 1. The van der Waals surface area contributed by atoms with E-state index >= 15 is 0 Å². The summed E-state index contributed by atoms with van der Waals surface area (Å²) >= 11 is 0. The van der Waals surface area contributed by atoms with E-state index in [-0.39, 0.29) is 17.1 Å². The van der Waals surface area contributed by atoms with Crippen molar-refractivity contribution in [1.29, 1.82) is 0 Å². The van der Waals surface area contributed by atoms with Gasteiger partial charge in [-0.25, -0.2) is 0 Å². The molecule has 0 radical (unpaired) electrons. The van der Waals surface area contributed by atoms with Crippen LogP contribution in [0.15, 0.2) is 53.5 Å². The number of likely N-dealkylation sites (tertiary alicyclic amines) is 1. The minimum absolute atomic E-state index is 0.141. The van der Waals surface area contributed by atoms with E-state index in [9.17, 15) is 4.79 Å². The Morgan fingerprint density at radius 3 is 2.13 bits per heavy atom. The first-order valence-corrected chi connectivity index (χ1v) is 10.8. The van der Waals surface area contributed by atoms with Crippen LogP contribution in [0.1, 0.15) is 48.9 Å². The summed E-state index contributed by atoms with van der Waals surface area (Å²) in [6, 6.07) is 17.3. The number of amides is 1. The summed E-state index contributed by atoms with van der Waals surface area (Å²) in [7, 11) is 0. The summed E-state index contributed by atoms with van der Waals surface area (Å²) < 4.78 is 12.9. The van der Waals surface area contributed by atoms with E-state index in [2.05, 4.69) is 60.1 Å². The molecule has 2 spiro atoms. The average Bonchev–Trinajstić information content (AvgIpc) is 3.34. The van der Waals surface area contributed by atoms with E-state index < -0.39 is 5.60 Å². The van der Waals surface area contributed by atoms with Gasteiger partial charge in [-0.05, 0) is 48.9 Å². The molecule has 0 saturated carbocycles. The van der Waals surface area contributed by atoms with Gasteiger partial charge in [-0.2, -0.15) is 4.99 Å². The predicted molar refractivity (Wildman–Crippen MR) is 113 cm³/mol. The topological polar surface area (TPSA) is 51.1 Å². The van der Waals surface area contributed by atoms with Gasteiger partial charge in [-0.15, -0.1) is 0 Å². The van der Waals surface area contributed by atoms with Crippen molar-refractivity contribution in [1.82, 2.24) is 4.90 Å². The summed E-state index contributed by atoms with van der Waals surface area (Å²) in [5.74, 6) is -0.141. The molecule has 0 bridgehead atoms. The largest absolute Gasteiger partial charge is 0.447 e. The molecule has 0 unspecified atom stereocenters. The Labute approximate surface area is 176 Å². The van der Waals surface area contributed by atoms with E-state index in [1.54, 1.807) is 0 Å². The molecular weight excluding hydrogens is 376 g/mol. The number of hydrogen-bond donors (Lipinski definition) is 0. The lowest BCUT2D eigenvalue weighted by molar-refractivity contribution is -0.147. The predicted octanol–water partition coefficient (Wildman–Crippen LogP) is 3.69. The number of piperidine rings is 1. The van der Waals surface area contributed by atoms with E-state index in [1.807, 2.05) is 12.1 Å². The number of rotatable bonds is 0. The zero-order valence-corrected chi connectivity index (χ0v) is 17.5. The fourth-order valence-corrected chi connectivity index (χ4v) is 5.80. The van der Waals surface area contributed by atoms with Crippen LogP contribution in [0.5, 0.6) is 0 Å². The molecule has 5 nitrogen and oxygen atoms in total. The van der Waals surface area contributed by atoms with Gasteiger partial charge in [-0.1, -0.05) is 48.5 Å². The molecule has 0 N–H and O–H groups in total. The van der Waals surface area contributed by atoms with Gasteiger partial charge in [-0.3, -0.25) is 4.79 Å². The highest BCUT2D eigenvalue weighted by atomic mass is 16.5. The smallest absolute Gasteiger partial charge is 0.296 e. The van der Waals surface area contributed by atoms with Crippen LogP contribution in [0.3, 0.4) is 0 Å². The number of amidine groups is 1. The lowest BCUT2D eigenvalue weighted by Crippen LogP contribution is -2.47. The van der Waals surface area contributed by atoms with E-state index in [1.165, 1.54) is 22.3 Å². The number of fused-ring (bicyclic) bond motifs is 3. The highest BCUT2D eigenvalue weighted by Gasteiger charge is 2.54. The summed E-state index contributed by atoms with van der Waals surface area (Å²) in [6.07, 6.45) is 2.93. The summed E-state index contributed by atoms with van der Waals surface area (Å²) in [4.78, 5) is 19.3. The number of carbonyl (C=O) groups excluding carboxylic acids is 1. The second-order valence-corrected chi connectivity index (χ2v) is 9.56. The van der Waals surface area contributed by atoms with Crippen LogP contribution < -0.4 is 0 Å². The van der Waals surface area contributed by atoms with Crippen molar-refractivity contribution in [3.8, 4) is 0 Å². The molecule has 4 aliphatic rings. The zero-order chi connectivity index (χ0) is 20.6. The second kappa shape index (κ2) is 5.94. The molecule has 1 saturated heterocycles. The molecule has 5 heteroatoms. The van der Waals surface area contributed by atoms with E-state index in [0.717, 1.165) is 25.9 Å². The van der Waals surface area contributed by atoms with E-state index in [0.29, 0.717) is 18.9 Å². The molecule has 2 aromatic rings. The van der Waals surface area contributed by atoms with Crippen molar-refractivity contribution in [2.45, 2.75) is 56.3 Å². The first kappa shape index (κ1) is 18.1. The number of carbonyl (C=O) groups is 1. The second-order valence-electron chi connectivity index (χ2n) is 9.56. The van der Waals surface area contributed by atoms with Crippen molar-refractivity contribution in [2.24, 2.45) is 4.99 Å². The molecule has 30 heavy (non-hydrogen) atoms. The summed E-state index contributed by atoms with van der Waals surface area (Å²) in [5.41, 5.74) is 3.59. The number of nitrogens with zero attached hydrogens (tertiary/aromatic N) is 2. The highest BCUT2D eigenvalue weighted by molar-refractivity contribution is 6.02. The summed E-state index contributed by atoms with van der Waals surface area (Å²) in [5, 5.41) is 0. The van der Waals surface area contributed by atoms with E-state index in [4.69, 9.17) is 9.47 Å². The van der Waals surface area contributed by atoms with Gasteiger partial charge in [0.25, 0.3) is 11.9 Å². The molecule has 1 fully saturated rings. The monoisotopic (exact) mass is 402 g/mol. The lowest BCUT2D eigenvalue weighted by Gasteiger charge is -2.41. The van der Waals surface area contributed by atoms with Crippen LogP contribution in [-0.4, -0.2) is 35.5 Å². The van der Waals surface area contributed by atoms with Gasteiger partial charge >= 0.3 is 0 Å². The maximum absolute atomic E-state index is 12.9. The number of hydrogen-bond acceptors (Lipinski definition) is 4. The van der Waals surface area contributed by atoms with Crippen LogP contribution in [0.2, 0.25) is 0 Å². The fourth-order valence-electron chi connectivity index (χ4n) is 5.80. The van der Waals surface area contributed by atoms with Gasteiger partial charge in [0.2, 0.25) is 5.60 Å². The highest BCUT2D eigenvalue weighted by Crippen LogP contribution is 2.52. The Morgan fingerprint density at radius 1 is 0.867 bits per heavy atom. The quantitative estimate of drug-likeness (QED) is 0.674. The Balaban J connectivity index is 1.20.